The lowest BCUT2D eigenvalue weighted by molar-refractivity contribution is -0.113. The molecule has 4 rings (SSSR count). The van der Waals surface area contributed by atoms with Gasteiger partial charge in [0.25, 0.3) is 0 Å². The molecule has 0 saturated carbocycles. The van der Waals surface area contributed by atoms with E-state index in [4.69, 9.17) is 0 Å². The topological polar surface area (TPSA) is 59.8 Å². The summed E-state index contributed by atoms with van der Waals surface area (Å²) in [5.74, 6) is 0.191. The number of anilines is 1. The van der Waals surface area contributed by atoms with Crippen molar-refractivity contribution in [3.63, 3.8) is 0 Å². The van der Waals surface area contributed by atoms with Crippen LogP contribution in [0.2, 0.25) is 0 Å². The molecule has 0 aliphatic carbocycles. The third-order valence-corrected chi connectivity index (χ3v) is 5.95. The van der Waals surface area contributed by atoms with Gasteiger partial charge < -0.3 is 5.32 Å². The van der Waals surface area contributed by atoms with E-state index in [0.717, 1.165) is 29.8 Å². The van der Waals surface area contributed by atoms with Gasteiger partial charge in [0.2, 0.25) is 5.91 Å². The second kappa shape index (κ2) is 10.1. The van der Waals surface area contributed by atoms with E-state index < -0.39 is 0 Å². The van der Waals surface area contributed by atoms with Gasteiger partial charge in [-0.2, -0.15) is 0 Å². The van der Waals surface area contributed by atoms with Gasteiger partial charge in [-0.3, -0.25) is 9.36 Å². The summed E-state index contributed by atoms with van der Waals surface area (Å²) in [4.78, 5) is 12.7. The second-order valence-corrected chi connectivity index (χ2v) is 8.06. The lowest BCUT2D eigenvalue weighted by atomic mass is 10.0. The van der Waals surface area contributed by atoms with Crippen LogP contribution in [0.1, 0.15) is 23.6 Å². The van der Waals surface area contributed by atoms with Gasteiger partial charge in [0.15, 0.2) is 5.16 Å². The van der Waals surface area contributed by atoms with E-state index in [1.165, 1.54) is 22.9 Å². The Hall–Kier alpha value is -3.38. The third kappa shape index (κ3) is 5.22. The summed E-state index contributed by atoms with van der Waals surface area (Å²) < 4.78 is 1.94. The zero-order valence-corrected chi connectivity index (χ0v) is 18.2. The zero-order chi connectivity index (χ0) is 21.5. The maximum atomic E-state index is 12.7. The summed E-state index contributed by atoms with van der Waals surface area (Å²) in [5, 5.41) is 12.0. The normalized spacial score (nSPS) is 10.7. The molecule has 0 bridgehead atoms. The van der Waals surface area contributed by atoms with Crippen molar-refractivity contribution in [2.45, 2.75) is 24.9 Å². The monoisotopic (exact) mass is 428 g/mol. The second-order valence-electron chi connectivity index (χ2n) is 7.12. The Balaban J connectivity index is 1.43. The number of nitrogens with zero attached hydrogens (tertiary/aromatic N) is 3. The van der Waals surface area contributed by atoms with E-state index in [0.29, 0.717) is 5.16 Å². The molecule has 0 atom stereocenters. The number of nitrogens with one attached hydrogen (secondary N) is 1. The fourth-order valence-electron chi connectivity index (χ4n) is 3.46. The van der Waals surface area contributed by atoms with Crippen LogP contribution in [0.5, 0.6) is 0 Å². The average Bonchev–Trinajstić information content (AvgIpc) is 3.28. The molecular formula is C25H24N4OS. The number of rotatable bonds is 8. The predicted octanol–water partition coefficient (Wildman–Crippen LogP) is 5.15. The van der Waals surface area contributed by atoms with E-state index in [1.807, 2.05) is 65.2 Å². The molecule has 1 amide bonds. The molecule has 0 saturated heterocycles. The summed E-state index contributed by atoms with van der Waals surface area (Å²) in [6.07, 6.45) is 3.38. The van der Waals surface area contributed by atoms with Gasteiger partial charge in [0.05, 0.1) is 11.4 Å². The number of aromatic nitrogens is 3. The molecule has 1 heterocycles. The quantitative estimate of drug-likeness (QED) is 0.394. The van der Waals surface area contributed by atoms with Crippen LogP contribution < -0.4 is 5.32 Å². The molecule has 1 aromatic heterocycles. The smallest absolute Gasteiger partial charge is 0.234 e. The molecular weight excluding hydrogens is 404 g/mol. The van der Waals surface area contributed by atoms with Crippen LogP contribution in [-0.4, -0.2) is 26.4 Å². The molecule has 6 heteroatoms. The number of aryl methyl sites for hydroxylation is 1. The first-order valence-corrected chi connectivity index (χ1v) is 11.3. The maximum absolute atomic E-state index is 12.7. The predicted molar refractivity (Wildman–Crippen MR) is 126 cm³/mol. The first-order chi connectivity index (χ1) is 15.2. The van der Waals surface area contributed by atoms with Gasteiger partial charge in [-0.25, -0.2) is 0 Å². The first-order valence-electron chi connectivity index (χ1n) is 10.3. The Morgan fingerprint density at radius 3 is 2.45 bits per heavy atom. The molecule has 31 heavy (non-hydrogen) atoms. The summed E-state index contributed by atoms with van der Waals surface area (Å²) in [7, 11) is 0. The van der Waals surface area contributed by atoms with Crippen LogP contribution >= 0.6 is 11.8 Å². The summed E-state index contributed by atoms with van der Waals surface area (Å²) in [6, 6.07) is 26.4. The van der Waals surface area contributed by atoms with Gasteiger partial charge in [-0.15, -0.1) is 10.2 Å². The number of thioether (sulfide) groups is 1. The Bertz CT molecular complexity index is 1160. The van der Waals surface area contributed by atoms with Crippen molar-refractivity contribution >= 4 is 23.4 Å². The van der Waals surface area contributed by atoms with Crippen molar-refractivity contribution < 1.29 is 4.79 Å². The molecule has 0 aliphatic rings. The highest BCUT2D eigenvalue weighted by Gasteiger charge is 2.13. The number of carbonyl (C=O) groups excluding carboxylic acids is 1. The standard InChI is InChI=1S/C25H24N4OS/c1-2-20-12-7-9-15-23(20)29-18-26-28-25(29)31-17-24(30)27-22-14-8-6-13-21(22)16-19-10-4-3-5-11-19/h3-15,18H,2,16-17H2,1H3,(H,27,30). The Morgan fingerprint density at radius 1 is 0.935 bits per heavy atom. The van der Waals surface area contributed by atoms with Crippen molar-refractivity contribution in [1.29, 1.82) is 0 Å². The van der Waals surface area contributed by atoms with Gasteiger partial charge in [-0.1, -0.05) is 85.4 Å². The number of carbonyl (C=O) groups is 1. The largest absolute Gasteiger partial charge is 0.325 e. The highest BCUT2D eigenvalue weighted by molar-refractivity contribution is 7.99. The summed E-state index contributed by atoms with van der Waals surface area (Å²) >= 11 is 1.38. The Kier molecular flexibility index (Phi) is 6.79. The number of amides is 1. The van der Waals surface area contributed by atoms with Crippen LogP contribution in [0.15, 0.2) is 90.3 Å². The number of hydrogen-bond acceptors (Lipinski definition) is 4. The van der Waals surface area contributed by atoms with Crippen molar-refractivity contribution in [2.75, 3.05) is 11.1 Å². The van der Waals surface area contributed by atoms with Crippen molar-refractivity contribution in [1.82, 2.24) is 14.8 Å². The molecule has 3 aromatic carbocycles. The molecule has 0 fully saturated rings. The molecule has 0 unspecified atom stereocenters. The van der Waals surface area contributed by atoms with Crippen molar-refractivity contribution in [2.24, 2.45) is 0 Å². The molecule has 1 N–H and O–H groups in total. The van der Waals surface area contributed by atoms with Gasteiger partial charge in [0.1, 0.15) is 6.33 Å². The highest BCUT2D eigenvalue weighted by atomic mass is 32.2. The van der Waals surface area contributed by atoms with Gasteiger partial charge in [0, 0.05) is 5.69 Å². The van der Waals surface area contributed by atoms with E-state index in [2.05, 4.69) is 40.6 Å². The van der Waals surface area contributed by atoms with Crippen molar-refractivity contribution in [3.8, 4) is 5.69 Å². The van der Waals surface area contributed by atoms with E-state index in [1.54, 1.807) is 6.33 Å². The number of benzene rings is 3. The minimum Gasteiger partial charge on any atom is -0.325 e. The maximum Gasteiger partial charge on any atom is 0.234 e. The number of para-hydroxylation sites is 2. The van der Waals surface area contributed by atoms with Crippen molar-refractivity contribution in [3.05, 3.63) is 102 Å². The molecule has 0 radical (unpaired) electrons. The molecule has 0 spiro atoms. The summed E-state index contributed by atoms with van der Waals surface area (Å²) in [6.45, 7) is 2.12. The van der Waals surface area contributed by atoms with E-state index >= 15 is 0 Å². The SMILES string of the molecule is CCc1ccccc1-n1cnnc1SCC(=O)Nc1ccccc1Cc1ccccc1. The number of hydrogen-bond donors (Lipinski definition) is 1. The lowest BCUT2D eigenvalue weighted by Crippen LogP contribution is -2.16. The Labute approximate surface area is 186 Å². The van der Waals surface area contributed by atoms with Crippen LogP contribution in [0.4, 0.5) is 5.69 Å². The third-order valence-electron chi connectivity index (χ3n) is 5.01. The lowest BCUT2D eigenvalue weighted by Gasteiger charge is -2.12. The molecule has 156 valence electrons. The molecule has 0 aliphatic heterocycles. The van der Waals surface area contributed by atoms with Crippen LogP contribution in [0, 0.1) is 0 Å². The van der Waals surface area contributed by atoms with Crippen LogP contribution in [-0.2, 0) is 17.6 Å². The Morgan fingerprint density at radius 2 is 1.65 bits per heavy atom. The van der Waals surface area contributed by atoms with Crippen LogP contribution in [0.25, 0.3) is 5.69 Å². The van der Waals surface area contributed by atoms with E-state index in [9.17, 15) is 4.79 Å². The molecule has 4 aromatic rings. The average molecular weight is 429 g/mol. The fourth-order valence-corrected chi connectivity index (χ4v) is 4.18. The highest BCUT2D eigenvalue weighted by Crippen LogP contribution is 2.24. The zero-order valence-electron chi connectivity index (χ0n) is 17.4. The summed E-state index contributed by atoms with van der Waals surface area (Å²) in [5.41, 5.74) is 5.40. The van der Waals surface area contributed by atoms with Gasteiger partial charge >= 0.3 is 0 Å². The first kappa shape index (κ1) is 20.9. The van der Waals surface area contributed by atoms with Gasteiger partial charge in [-0.05, 0) is 41.7 Å². The minimum absolute atomic E-state index is 0.0659. The minimum atomic E-state index is -0.0659. The van der Waals surface area contributed by atoms with E-state index in [-0.39, 0.29) is 11.7 Å². The van der Waals surface area contributed by atoms with Crippen LogP contribution in [0.3, 0.4) is 0 Å². The fraction of sp³-hybridized carbons (Fsp3) is 0.160. The molecule has 5 nitrogen and oxygen atoms in total.